The average molecular weight is 1510 g/mol. The molecule has 1 saturated heterocycles. The van der Waals surface area contributed by atoms with Gasteiger partial charge >= 0.3 is 6.16 Å². The molecule has 0 amide bonds. The molecule has 0 N–H and O–H groups in total. The average Bonchev–Trinajstić information content (AvgIpc) is 3.48. The molecular formula is C21H63O7P35. The van der Waals surface area contributed by atoms with E-state index in [2.05, 4.69) is 188 Å². The number of carbonyl (C=O) groups excluding carboxylic acids is 1. The van der Waals surface area contributed by atoms with Gasteiger partial charge in [-0.25, -0.2) is 4.79 Å². The van der Waals surface area contributed by atoms with E-state index >= 15 is 0 Å². The first kappa shape index (κ1) is 68.8. The number of fused-ring (bicyclic) bond motifs is 3. The van der Waals surface area contributed by atoms with Crippen LogP contribution in [0.1, 0.15) is 47.0 Å². The van der Waals surface area contributed by atoms with Crippen LogP contribution >= 0.6 is 284 Å². The van der Waals surface area contributed by atoms with Crippen molar-refractivity contribution in [2.75, 3.05) is 0 Å². The zero-order valence-electron chi connectivity index (χ0n) is 34.7. The zero-order chi connectivity index (χ0) is 48.0. The smallest absolute Gasteiger partial charge is 0.426 e. The van der Waals surface area contributed by atoms with Crippen molar-refractivity contribution in [2.45, 2.75) is 82.6 Å². The summed E-state index contributed by atoms with van der Waals surface area (Å²) in [6, 6.07) is 0. The topological polar surface area (TPSA) is 80.3 Å². The Kier molecular flexibility index (Phi) is 33.6. The summed E-state index contributed by atoms with van der Waals surface area (Å²) in [6.07, 6.45) is -0.214. The monoisotopic (exact) mass is 1510 g/mol. The molecule has 0 aromatic rings. The van der Waals surface area contributed by atoms with Gasteiger partial charge in [-0.1, -0.05) is 49.8 Å². The molecule has 2 bridgehead atoms. The third kappa shape index (κ3) is 16.4. The largest absolute Gasteiger partial charge is 0.509 e. The molecule has 4 aliphatic rings. The zero-order valence-corrected chi connectivity index (χ0v) is 70.8. The Hall–Kier alpha value is 13.3. The predicted molar refractivity (Wildman–Crippen MR) is 388 cm³/mol. The number of hydrogen-bond donors (Lipinski definition) is 0. The van der Waals surface area contributed by atoms with Crippen LogP contribution in [0.5, 0.6) is 0 Å². The van der Waals surface area contributed by atoms with E-state index in [0.717, 1.165) is 5.57 Å². The number of carbonyl (C=O) groups is 1. The summed E-state index contributed by atoms with van der Waals surface area (Å²) in [5.41, 5.74) is 1.25. The van der Waals surface area contributed by atoms with Crippen LogP contribution in [0.15, 0.2) is 23.3 Å². The standard InChI is InChI=1S/C21H63O7P35/c1-9-11(26-50(30)53(31)32)6-14(28-51(54(33)34)55(35)36)20(5)7-12(27-52(56(37)38)62(48-29)58(41)42)15-10(2)13(49(61(47-23)57(39)40)63(59(43)44)60(45)46)8-21(19(15,3)4)17(16(9)20)24-18(22)25-21/h11-14,16-17,48H,1,6-8,29-46H2,2-5H3/t11?,12?,13?,14?,16?,17?,20-,21?,49-,50?,52?,61?,62?/m1/s1. The van der Waals surface area contributed by atoms with Crippen molar-refractivity contribution in [2.24, 2.45) is 16.7 Å². The molecule has 4 rings (SSSR count). The highest BCUT2D eigenvalue weighted by Crippen LogP contribution is 3.19. The lowest BCUT2D eigenvalue weighted by atomic mass is 9.48. The molecule has 2 saturated carbocycles. The molecule has 364 valence electrons. The molecule has 1 spiro atoms. The first-order valence-corrected chi connectivity index (χ1v) is 78.2. The van der Waals surface area contributed by atoms with E-state index in [0.29, 0.717) is 27.2 Å². The fourth-order valence-electron chi connectivity index (χ4n) is 8.90. The van der Waals surface area contributed by atoms with E-state index in [1.165, 1.54) is 11.1 Å². The Labute approximate surface area is 440 Å². The van der Waals surface area contributed by atoms with Crippen molar-refractivity contribution < 1.29 is 32.4 Å². The van der Waals surface area contributed by atoms with Gasteiger partial charge in [0.05, 0.1) is 47.9 Å². The van der Waals surface area contributed by atoms with Gasteiger partial charge in [0.1, 0.15) is 0 Å². The van der Waals surface area contributed by atoms with E-state index < -0.39 is 135 Å². The van der Waals surface area contributed by atoms with Crippen molar-refractivity contribution >= 4 is 290 Å². The van der Waals surface area contributed by atoms with Gasteiger partial charge in [0, 0.05) is 42.2 Å². The molecule has 3 aliphatic carbocycles. The molecule has 0 aromatic carbocycles. The van der Waals surface area contributed by atoms with Crippen LogP contribution in [0.4, 0.5) is 4.79 Å². The quantitative estimate of drug-likeness (QED) is 0.0682. The fourth-order valence-corrected chi connectivity index (χ4v) is 219. The van der Waals surface area contributed by atoms with Crippen molar-refractivity contribution in [3.8, 4) is 0 Å². The molecule has 1 aliphatic heterocycles. The first-order valence-electron chi connectivity index (χ1n) is 17.8. The maximum absolute atomic E-state index is 14.4. The summed E-state index contributed by atoms with van der Waals surface area (Å²) >= 11 is 0. The summed E-state index contributed by atoms with van der Waals surface area (Å²) < 4.78 is 50.3. The minimum Gasteiger partial charge on any atom is -0.426 e. The summed E-state index contributed by atoms with van der Waals surface area (Å²) in [5.74, 6) is -0.358. The van der Waals surface area contributed by atoms with Gasteiger partial charge < -0.3 is 23.0 Å². The van der Waals surface area contributed by atoms with Gasteiger partial charge in [-0.05, 0) is 94.7 Å². The molecule has 32 atom stereocenters. The van der Waals surface area contributed by atoms with Gasteiger partial charge in [0.25, 0.3) is 0 Å². The van der Waals surface area contributed by atoms with E-state index in [9.17, 15) is 9.36 Å². The third-order valence-electron chi connectivity index (χ3n) is 11.4. The highest BCUT2D eigenvalue weighted by molar-refractivity contribution is 9.20. The van der Waals surface area contributed by atoms with E-state index in [1.54, 1.807) is 0 Å². The number of hydrogen-bond acceptors (Lipinski definition) is 7. The van der Waals surface area contributed by atoms with Crippen LogP contribution in [0, 0.1) is 16.7 Å². The molecule has 0 aromatic heterocycles. The SMILES string of the molecule is C=C1C(OP(P)P(P)P)CC(OP(P(P)P)P(P)P)[C@@]2(C)CC(OP(P(P)P)P(PP)P(P)P)C3=C(C)C([P@](P(P=O)P(P)P)P(P(P)P)P(P)P)CC4(OC(=O)OC4C12)C3(C)C. The Balaban J connectivity index is 2.22. The van der Waals surface area contributed by atoms with Gasteiger partial charge in [0.2, 0.25) is 0 Å². The van der Waals surface area contributed by atoms with Gasteiger partial charge in [-0.2, -0.15) is 0 Å². The second kappa shape index (κ2) is 30.8. The highest BCUT2D eigenvalue weighted by atomic mass is 33.2. The molecular weight excluding hydrogens is 1450 g/mol. The number of ether oxygens (including phenoxy) is 2. The summed E-state index contributed by atoms with van der Waals surface area (Å²) in [6.45, 7) is 7.97. The summed E-state index contributed by atoms with van der Waals surface area (Å²) in [4.78, 5) is 14.4. The molecule has 0 radical (unpaired) electrons. The predicted octanol–water partition coefficient (Wildman–Crippen LogP) is 23.6. The van der Waals surface area contributed by atoms with Crippen LogP contribution in [0.2, 0.25) is 0 Å². The van der Waals surface area contributed by atoms with Gasteiger partial charge in [0.15, 0.2) is 19.9 Å². The first-order chi connectivity index (χ1) is 29.1. The maximum atomic E-state index is 14.4. The van der Waals surface area contributed by atoms with Crippen molar-refractivity contribution in [3.05, 3.63) is 23.3 Å². The second-order valence-corrected chi connectivity index (χ2v) is 137. The minimum absolute atomic E-state index is 0.0416. The van der Waals surface area contributed by atoms with Crippen LogP contribution in [-0.2, 0) is 27.6 Å². The second-order valence-electron chi connectivity index (χ2n) is 15.2. The maximum Gasteiger partial charge on any atom is 0.509 e. The molecule has 42 heteroatoms. The Morgan fingerprint density at radius 3 is 1.73 bits per heavy atom. The van der Waals surface area contributed by atoms with E-state index in [4.69, 9.17) is 29.6 Å². The van der Waals surface area contributed by atoms with E-state index in [1.807, 2.05) is 0 Å². The molecule has 7 nitrogen and oxygen atoms in total. The fraction of sp³-hybridized carbons (Fsp3) is 0.762. The lowest BCUT2D eigenvalue weighted by Gasteiger charge is -2.63. The molecule has 3 fully saturated rings. The summed E-state index contributed by atoms with van der Waals surface area (Å²) in [7, 11) is 53.2. The Morgan fingerprint density at radius 1 is 0.730 bits per heavy atom. The molecule has 63 heavy (non-hydrogen) atoms. The minimum atomic E-state index is -1.07. The van der Waals surface area contributed by atoms with Crippen LogP contribution in [-0.4, -0.2) is 41.8 Å². The number of rotatable bonds is 20. The molecule has 30 unspecified atom stereocenters. The van der Waals surface area contributed by atoms with Crippen molar-refractivity contribution in [1.82, 2.24) is 0 Å². The Bertz CT molecular complexity index is 1620. The van der Waals surface area contributed by atoms with Crippen LogP contribution in [0.25, 0.3) is 0 Å². The normalized spacial score (nSPS) is 32.8. The van der Waals surface area contributed by atoms with Gasteiger partial charge in [-0.15, -0.1) is 152 Å². The summed E-state index contributed by atoms with van der Waals surface area (Å²) in [5, 5.41) is 0. The van der Waals surface area contributed by atoms with Gasteiger partial charge in [-0.3, -0.25) is 4.57 Å². The molecule has 1 heterocycles. The number of allylic oxidation sites excluding steroid dienone is 1. The van der Waals surface area contributed by atoms with Crippen molar-refractivity contribution in [3.63, 3.8) is 0 Å². The van der Waals surface area contributed by atoms with Crippen LogP contribution < -0.4 is 0 Å². The van der Waals surface area contributed by atoms with Crippen molar-refractivity contribution in [1.29, 1.82) is 0 Å². The highest BCUT2D eigenvalue weighted by Gasteiger charge is 2.73. The van der Waals surface area contributed by atoms with Crippen LogP contribution in [0.3, 0.4) is 0 Å². The third-order valence-corrected chi connectivity index (χ3v) is 168. The van der Waals surface area contributed by atoms with E-state index in [-0.39, 0.29) is 38.0 Å². The lowest BCUT2D eigenvalue weighted by Crippen LogP contribution is -2.67. The Morgan fingerprint density at radius 2 is 1.29 bits per heavy atom. The lowest BCUT2D eigenvalue weighted by molar-refractivity contribution is -0.149.